The molecule has 0 amide bonds. The number of nitrogens with zero attached hydrogens (tertiary/aromatic N) is 3. The van der Waals surface area contributed by atoms with Gasteiger partial charge in [-0.1, -0.05) is 6.92 Å². The summed E-state index contributed by atoms with van der Waals surface area (Å²) >= 11 is 0. The van der Waals surface area contributed by atoms with Crippen molar-refractivity contribution in [1.82, 2.24) is 9.29 Å². The molecule has 2 rings (SSSR count). The third-order valence-corrected chi connectivity index (χ3v) is 5.19. The molecule has 0 spiro atoms. The van der Waals surface area contributed by atoms with Gasteiger partial charge in [-0.2, -0.15) is 9.57 Å². The Morgan fingerprint density at radius 3 is 2.89 bits per heavy atom. The smallest absolute Gasteiger partial charge is 0.244 e. The fraction of sp³-hybridized carbons (Fsp3) is 0.500. The molecule has 96 valence electrons. The van der Waals surface area contributed by atoms with E-state index < -0.39 is 10.0 Å². The first-order valence-corrected chi connectivity index (χ1v) is 7.41. The summed E-state index contributed by atoms with van der Waals surface area (Å²) in [6.45, 7) is 2.57. The van der Waals surface area contributed by atoms with Crippen molar-refractivity contribution in [2.24, 2.45) is 0 Å². The van der Waals surface area contributed by atoms with Crippen LogP contribution in [0.5, 0.6) is 0 Å². The highest BCUT2D eigenvalue weighted by Crippen LogP contribution is 2.27. The second-order valence-electron chi connectivity index (χ2n) is 4.31. The lowest BCUT2D eigenvalue weighted by atomic mass is 10.2. The molecule has 1 aromatic heterocycles. The van der Waals surface area contributed by atoms with Gasteiger partial charge >= 0.3 is 0 Å². The zero-order valence-corrected chi connectivity index (χ0v) is 11.0. The second kappa shape index (κ2) is 5.04. The Morgan fingerprint density at radius 2 is 2.33 bits per heavy atom. The van der Waals surface area contributed by atoms with E-state index in [0.29, 0.717) is 6.54 Å². The van der Waals surface area contributed by atoms with E-state index in [2.05, 4.69) is 4.98 Å². The lowest BCUT2D eigenvalue weighted by molar-refractivity contribution is 0.379. The van der Waals surface area contributed by atoms with Crippen LogP contribution < -0.4 is 0 Å². The summed E-state index contributed by atoms with van der Waals surface area (Å²) in [4.78, 5) is 3.99. The molecule has 1 aromatic rings. The van der Waals surface area contributed by atoms with Crippen LogP contribution in [0.1, 0.15) is 31.9 Å². The third-order valence-electron chi connectivity index (χ3n) is 3.25. The third kappa shape index (κ3) is 2.24. The summed E-state index contributed by atoms with van der Waals surface area (Å²) < 4.78 is 26.4. The van der Waals surface area contributed by atoms with Crippen LogP contribution in [-0.2, 0) is 10.0 Å². The maximum Gasteiger partial charge on any atom is 0.244 e. The van der Waals surface area contributed by atoms with E-state index >= 15 is 0 Å². The topological polar surface area (TPSA) is 74.1 Å². The Kier molecular flexibility index (Phi) is 3.64. The highest BCUT2D eigenvalue weighted by molar-refractivity contribution is 7.89. The molecule has 0 saturated carbocycles. The number of aromatic nitrogens is 1. The molecule has 5 nitrogen and oxygen atoms in total. The molecule has 1 aliphatic heterocycles. The van der Waals surface area contributed by atoms with E-state index in [0.717, 1.165) is 19.3 Å². The minimum absolute atomic E-state index is 0.0886. The van der Waals surface area contributed by atoms with Crippen LogP contribution in [0.2, 0.25) is 0 Å². The second-order valence-corrected chi connectivity index (χ2v) is 6.20. The predicted molar refractivity (Wildman–Crippen MR) is 66.2 cm³/mol. The van der Waals surface area contributed by atoms with E-state index in [1.807, 2.05) is 13.0 Å². The van der Waals surface area contributed by atoms with E-state index in [-0.39, 0.29) is 16.6 Å². The monoisotopic (exact) mass is 265 g/mol. The molecule has 0 N–H and O–H groups in total. The van der Waals surface area contributed by atoms with Gasteiger partial charge in [-0.25, -0.2) is 13.4 Å². The maximum atomic E-state index is 12.4. The number of nitriles is 1. The van der Waals surface area contributed by atoms with Gasteiger partial charge in [-0.05, 0) is 31.4 Å². The fourth-order valence-corrected chi connectivity index (χ4v) is 3.98. The molecule has 6 heteroatoms. The zero-order chi connectivity index (χ0) is 13.2. The first kappa shape index (κ1) is 13.0. The lowest BCUT2D eigenvalue weighted by Gasteiger charge is -2.22. The van der Waals surface area contributed by atoms with Crippen LogP contribution in [-0.4, -0.2) is 30.3 Å². The van der Waals surface area contributed by atoms with Crippen LogP contribution in [0.3, 0.4) is 0 Å². The fourth-order valence-electron chi connectivity index (χ4n) is 2.27. The van der Waals surface area contributed by atoms with E-state index in [1.165, 1.54) is 18.3 Å². The van der Waals surface area contributed by atoms with Crippen LogP contribution in [0.4, 0.5) is 0 Å². The molecular formula is C12H15N3O2S. The van der Waals surface area contributed by atoms with Crippen molar-refractivity contribution < 1.29 is 8.42 Å². The van der Waals surface area contributed by atoms with Gasteiger partial charge in [0, 0.05) is 18.8 Å². The highest BCUT2D eigenvalue weighted by atomic mass is 32.2. The minimum Gasteiger partial charge on any atom is -0.244 e. The van der Waals surface area contributed by atoms with Crippen molar-refractivity contribution in [3.8, 4) is 6.07 Å². The van der Waals surface area contributed by atoms with Gasteiger partial charge in [0.15, 0.2) is 0 Å². The quantitative estimate of drug-likeness (QED) is 0.830. The Hall–Kier alpha value is -1.45. The van der Waals surface area contributed by atoms with Gasteiger partial charge in [0.1, 0.15) is 16.7 Å². The molecule has 0 aliphatic carbocycles. The number of hydrogen-bond donors (Lipinski definition) is 0. The van der Waals surface area contributed by atoms with Crippen molar-refractivity contribution in [3.63, 3.8) is 0 Å². The van der Waals surface area contributed by atoms with Crippen LogP contribution in [0.15, 0.2) is 23.2 Å². The largest absolute Gasteiger partial charge is 0.244 e. The first-order chi connectivity index (χ1) is 8.59. The number of pyridine rings is 1. The Balaban J connectivity index is 2.33. The van der Waals surface area contributed by atoms with Gasteiger partial charge < -0.3 is 0 Å². The number of hydrogen-bond acceptors (Lipinski definition) is 4. The van der Waals surface area contributed by atoms with Gasteiger partial charge in [-0.3, -0.25) is 0 Å². The zero-order valence-electron chi connectivity index (χ0n) is 10.2. The first-order valence-electron chi connectivity index (χ1n) is 5.97. The highest BCUT2D eigenvalue weighted by Gasteiger charge is 2.34. The van der Waals surface area contributed by atoms with Crippen molar-refractivity contribution in [1.29, 1.82) is 5.26 Å². The predicted octanol–water partition coefficient (Wildman–Crippen LogP) is 1.52. The molecule has 1 fully saturated rings. The molecule has 0 radical (unpaired) electrons. The van der Waals surface area contributed by atoms with Gasteiger partial charge in [0.25, 0.3) is 0 Å². The molecule has 0 aromatic carbocycles. The van der Waals surface area contributed by atoms with Gasteiger partial charge in [0.2, 0.25) is 10.0 Å². The molecule has 18 heavy (non-hydrogen) atoms. The molecule has 1 saturated heterocycles. The van der Waals surface area contributed by atoms with E-state index in [1.54, 1.807) is 4.31 Å². The average Bonchev–Trinajstić information content (AvgIpc) is 2.88. The molecular weight excluding hydrogens is 250 g/mol. The molecule has 1 atom stereocenters. The maximum absolute atomic E-state index is 12.4. The molecule has 1 aliphatic rings. The summed E-state index contributed by atoms with van der Waals surface area (Å²) in [6.07, 6.45) is 3.91. The normalized spacial score (nSPS) is 20.8. The van der Waals surface area contributed by atoms with Crippen LogP contribution in [0, 0.1) is 11.3 Å². The van der Waals surface area contributed by atoms with Gasteiger partial charge in [0.05, 0.1) is 0 Å². The number of sulfonamides is 1. The molecule has 2 heterocycles. The minimum atomic E-state index is -3.46. The van der Waals surface area contributed by atoms with E-state index in [9.17, 15) is 8.42 Å². The Morgan fingerprint density at radius 1 is 1.56 bits per heavy atom. The Labute approximate surface area is 107 Å². The Bertz CT molecular complexity index is 560. The molecule has 1 unspecified atom stereocenters. The summed E-state index contributed by atoms with van der Waals surface area (Å²) in [5, 5.41) is 8.65. The molecule has 0 bridgehead atoms. The van der Waals surface area contributed by atoms with Crippen molar-refractivity contribution in [2.45, 2.75) is 37.1 Å². The van der Waals surface area contributed by atoms with Crippen molar-refractivity contribution in [3.05, 3.63) is 24.0 Å². The van der Waals surface area contributed by atoms with Crippen molar-refractivity contribution >= 4 is 10.0 Å². The van der Waals surface area contributed by atoms with Crippen LogP contribution >= 0.6 is 0 Å². The average molecular weight is 265 g/mol. The standard InChI is InChI=1S/C12H15N3O2S/c1-2-11-4-3-7-15(11)18(16,17)12-6-5-10(8-13)14-9-12/h5-6,9,11H,2-4,7H2,1H3. The SMILES string of the molecule is CCC1CCCN1S(=O)(=O)c1ccc(C#N)nc1. The van der Waals surface area contributed by atoms with Gasteiger partial charge in [-0.15, -0.1) is 0 Å². The summed E-state index contributed by atoms with van der Waals surface area (Å²) in [5.41, 5.74) is 0.224. The van der Waals surface area contributed by atoms with Crippen molar-refractivity contribution in [2.75, 3.05) is 6.54 Å². The summed E-state index contributed by atoms with van der Waals surface area (Å²) in [5.74, 6) is 0. The summed E-state index contributed by atoms with van der Waals surface area (Å²) in [6, 6.07) is 4.85. The summed E-state index contributed by atoms with van der Waals surface area (Å²) in [7, 11) is -3.46. The number of rotatable bonds is 3. The van der Waals surface area contributed by atoms with Crippen LogP contribution in [0.25, 0.3) is 0 Å². The van der Waals surface area contributed by atoms with E-state index in [4.69, 9.17) is 5.26 Å². The lowest BCUT2D eigenvalue weighted by Crippen LogP contribution is -2.35.